The van der Waals surface area contributed by atoms with Gasteiger partial charge in [-0.05, 0) is 120 Å². The fraction of sp³-hybridized carbons (Fsp3) is 0.733. The molecular weight excluding hydrogens is 820 g/mol. The highest BCUT2D eigenvalue weighted by molar-refractivity contribution is 7.91. The van der Waals surface area contributed by atoms with E-state index in [1.54, 1.807) is 20.1 Å². The third-order valence-electron chi connectivity index (χ3n) is 14.4. The molecule has 15 nitrogen and oxygen atoms in total. The number of aryl methyl sites for hydroxylation is 1. The van der Waals surface area contributed by atoms with Gasteiger partial charge in [0, 0.05) is 12.0 Å². The van der Waals surface area contributed by atoms with Crippen LogP contribution < -0.4 is 24.8 Å². The third kappa shape index (κ3) is 9.06. The minimum absolute atomic E-state index is 0.0764. The van der Waals surface area contributed by atoms with Gasteiger partial charge >= 0.3 is 6.09 Å². The molecule has 2 bridgehead atoms. The van der Waals surface area contributed by atoms with Crippen LogP contribution in [-0.4, -0.2) is 102 Å². The van der Waals surface area contributed by atoms with Crippen LogP contribution in [0.25, 0.3) is 11.0 Å². The first kappa shape index (κ1) is 45.7. The van der Waals surface area contributed by atoms with E-state index in [0.29, 0.717) is 54.6 Å². The number of ether oxygens (including phenoxy) is 3. The van der Waals surface area contributed by atoms with Crippen molar-refractivity contribution in [2.75, 3.05) is 20.3 Å². The number of alkyl carbamates (subject to hydrolysis) is 1. The molecule has 1 saturated heterocycles. The molecule has 0 spiro atoms. The molecule has 1 aromatic heterocycles. The number of carbonyl (C=O) groups is 4. The Balaban J connectivity index is 1.28. The average molecular weight is 885 g/mol. The molecule has 2 aliphatic heterocycles. The van der Waals surface area contributed by atoms with Gasteiger partial charge in [0.05, 0.1) is 36.1 Å². The van der Waals surface area contributed by atoms with Crippen LogP contribution in [0.2, 0.25) is 0 Å². The van der Waals surface area contributed by atoms with Crippen LogP contribution >= 0.6 is 0 Å². The highest BCUT2D eigenvalue weighted by Crippen LogP contribution is 2.49. The van der Waals surface area contributed by atoms with E-state index in [0.717, 1.165) is 38.5 Å². The lowest BCUT2D eigenvalue weighted by molar-refractivity contribution is -0.144. The van der Waals surface area contributed by atoms with E-state index >= 15 is 9.59 Å². The number of carbonyl (C=O) groups excluding carboxylic acids is 4. The summed E-state index contributed by atoms with van der Waals surface area (Å²) in [4.78, 5) is 69.5. The minimum Gasteiger partial charge on any atom is -0.497 e. The second kappa shape index (κ2) is 17.4. The Morgan fingerprint density at radius 1 is 1.05 bits per heavy atom. The maximum absolute atomic E-state index is 15.2. The van der Waals surface area contributed by atoms with Crippen molar-refractivity contribution in [3.05, 3.63) is 23.9 Å². The Morgan fingerprint density at radius 3 is 2.47 bits per heavy atom. The van der Waals surface area contributed by atoms with E-state index in [1.807, 2.05) is 46.8 Å². The maximum Gasteiger partial charge on any atom is 0.408 e. The summed E-state index contributed by atoms with van der Waals surface area (Å²) in [6.07, 6.45) is 6.71. The van der Waals surface area contributed by atoms with Gasteiger partial charge < -0.3 is 29.7 Å². The summed E-state index contributed by atoms with van der Waals surface area (Å²) in [7, 11) is -2.51. The average Bonchev–Trinajstić information content (AvgIpc) is 4.06. The number of aromatic nitrogens is 2. The largest absolute Gasteiger partial charge is 0.497 e. The van der Waals surface area contributed by atoms with Gasteiger partial charge in [-0.3, -0.25) is 23.5 Å². The molecule has 3 aliphatic carbocycles. The number of hydrogen-bond acceptors (Lipinski definition) is 11. The van der Waals surface area contributed by atoms with Crippen LogP contribution in [0, 0.1) is 23.2 Å². The predicted octanol–water partition coefficient (Wildman–Crippen LogP) is 6.06. The van der Waals surface area contributed by atoms with Crippen molar-refractivity contribution in [1.82, 2.24) is 30.2 Å². The highest BCUT2D eigenvalue weighted by atomic mass is 32.2. The quantitative estimate of drug-likeness (QED) is 0.251. The number of benzene rings is 1. The van der Waals surface area contributed by atoms with Crippen molar-refractivity contribution in [3.63, 3.8) is 0 Å². The monoisotopic (exact) mass is 884 g/mol. The summed E-state index contributed by atoms with van der Waals surface area (Å²) in [5, 5.41) is 5.81. The molecule has 0 unspecified atom stereocenters. The van der Waals surface area contributed by atoms with Gasteiger partial charge in [0.1, 0.15) is 40.8 Å². The molecule has 3 N–H and O–H groups in total. The lowest BCUT2D eigenvalue weighted by Gasteiger charge is -2.37. The van der Waals surface area contributed by atoms with Crippen molar-refractivity contribution < 1.29 is 46.2 Å². The molecule has 17 heteroatoms. The SMILES string of the molecule is CC[C@@H]1[C@@H]2CN(C(=O)[C@H](C(C)(C)C)NC(=O)O[C@]3(C)CCC[C@H]3CCCCCc3nc4ccc(OC)cc4nc3O2)[C@@H]1C(=O)N[C@]1(C(=O)NS(=O)(=O)C2(C)CC2)C[C@H]1CCCF. The lowest BCUT2D eigenvalue weighted by atomic mass is 9.85. The number of fused-ring (bicyclic) bond motifs is 5. The number of nitrogens with one attached hydrogen (secondary N) is 3. The molecule has 0 radical (unpaired) electrons. The Labute approximate surface area is 364 Å². The fourth-order valence-corrected chi connectivity index (χ4v) is 11.3. The molecule has 1 aromatic carbocycles. The van der Waals surface area contributed by atoms with Gasteiger partial charge in [0.2, 0.25) is 27.7 Å². The minimum atomic E-state index is -4.08. The number of amides is 4. The van der Waals surface area contributed by atoms with Gasteiger partial charge in [-0.25, -0.2) is 23.2 Å². The van der Waals surface area contributed by atoms with Gasteiger partial charge in [0.25, 0.3) is 5.91 Å². The van der Waals surface area contributed by atoms with E-state index in [-0.39, 0.29) is 37.6 Å². The van der Waals surface area contributed by atoms with E-state index in [4.69, 9.17) is 24.2 Å². The number of halogens is 1. The number of rotatable bonds is 10. The van der Waals surface area contributed by atoms with Crippen LogP contribution in [0.5, 0.6) is 11.6 Å². The van der Waals surface area contributed by atoms with Gasteiger partial charge in [-0.2, -0.15) is 0 Å². The topological polar surface area (TPSA) is 195 Å². The summed E-state index contributed by atoms with van der Waals surface area (Å²) in [6, 6.07) is 3.08. The number of hydrogen-bond donors (Lipinski definition) is 3. The summed E-state index contributed by atoms with van der Waals surface area (Å²) in [5.74, 6) is -2.27. The van der Waals surface area contributed by atoms with Crippen LogP contribution in [0.4, 0.5) is 9.18 Å². The molecule has 3 heterocycles. The smallest absolute Gasteiger partial charge is 0.408 e. The van der Waals surface area contributed by atoms with Crippen LogP contribution in [-0.2, 0) is 35.6 Å². The van der Waals surface area contributed by atoms with Crippen LogP contribution in [0.3, 0.4) is 0 Å². The molecule has 4 amide bonds. The molecule has 5 aliphatic rings. The standard InChI is InChI=1S/C45H65FN6O9S/c1-8-30-34-26-52(35(30)37(53)50-45(25-28(45)16-13-23-46)40(55)51-62(57,58)43(5)21-22-43)39(54)36(42(2,3)4)49-41(56)61-44(6)20-12-15-27(44)14-10-9-11-17-32-38(60-34)48-33-24-29(59-7)18-19-31(33)47-32/h18-19,24,27-28,30,34-36H,8-17,20-23,25-26H2,1-7H3,(H,49,56)(H,50,53)(H,51,55)/t27-,28-,30-,34+,35+,36-,44-,45-/m1/s1. The molecule has 8 atom stereocenters. The Bertz CT molecular complexity index is 2160. The summed E-state index contributed by atoms with van der Waals surface area (Å²) >= 11 is 0. The third-order valence-corrected chi connectivity index (χ3v) is 16.6. The van der Waals surface area contributed by atoms with Crippen molar-refractivity contribution in [3.8, 4) is 11.6 Å². The predicted molar refractivity (Wildman–Crippen MR) is 229 cm³/mol. The number of methoxy groups -OCH3 is 1. The zero-order valence-electron chi connectivity index (χ0n) is 37.3. The van der Waals surface area contributed by atoms with Crippen molar-refractivity contribution in [2.45, 2.75) is 166 Å². The first-order valence-corrected chi connectivity index (χ1v) is 24.0. The lowest BCUT2D eigenvalue weighted by Crippen LogP contribution is -2.61. The zero-order valence-corrected chi connectivity index (χ0v) is 38.1. The molecule has 3 saturated carbocycles. The van der Waals surface area contributed by atoms with Gasteiger partial charge in [0.15, 0.2) is 0 Å². The van der Waals surface area contributed by atoms with Crippen molar-refractivity contribution in [1.29, 1.82) is 0 Å². The zero-order chi connectivity index (χ0) is 44.8. The van der Waals surface area contributed by atoms with Gasteiger partial charge in [-0.15, -0.1) is 0 Å². The molecule has 4 fully saturated rings. The Morgan fingerprint density at radius 2 is 1.79 bits per heavy atom. The normalized spacial score (nSPS) is 31.3. The molecule has 7 rings (SSSR count). The second-order valence-corrected chi connectivity index (χ2v) is 22.1. The molecule has 62 heavy (non-hydrogen) atoms. The fourth-order valence-electron chi connectivity index (χ4n) is 10.0. The molecule has 2 aromatic rings. The maximum atomic E-state index is 15.2. The van der Waals surface area contributed by atoms with Crippen molar-refractivity contribution >= 4 is 44.9 Å². The Kier molecular flexibility index (Phi) is 12.8. The van der Waals surface area contributed by atoms with E-state index < -0.39 is 91.8 Å². The second-order valence-electron chi connectivity index (χ2n) is 19.9. The van der Waals surface area contributed by atoms with Gasteiger partial charge in [-0.1, -0.05) is 40.5 Å². The van der Waals surface area contributed by atoms with E-state index in [1.165, 1.54) is 4.90 Å². The number of sulfonamides is 1. The van der Waals surface area contributed by atoms with E-state index in [9.17, 15) is 22.4 Å². The molecule has 342 valence electrons. The highest BCUT2D eigenvalue weighted by Gasteiger charge is 2.64. The van der Waals surface area contributed by atoms with Crippen LogP contribution in [0.1, 0.15) is 131 Å². The summed E-state index contributed by atoms with van der Waals surface area (Å²) in [6.45, 7) is 10.2. The first-order valence-electron chi connectivity index (χ1n) is 22.5. The number of alkyl halides is 1. The van der Waals surface area contributed by atoms with Crippen LogP contribution in [0.15, 0.2) is 18.2 Å². The molecular formula is C45H65FN6O9S. The van der Waals surface area contributed by atoms with Crippen molar-refractivity contribution in [2.24, 2.45) is 23.2 Å². The summed E-state index contributed by atoms with van der Waals surface area (Å²) in [5.41, 5.74) is -1.36. The number of nitrogens with zero attached hydrogens (tertiary/aromatic N) is 3. The van der Waals surface area contributed by atoms with E-state index in [2.05, 4.69) is 15.4 Å². The Hall–Kier alpha value is -4.28. The first-order chi connectivity index (χ1) is 29.3. The summed E-state index contributed by atoms with van der Waals surface area (Å²) < 4.78 is 59.8.